The van der Waals surface area contributed by atoms with Gasteiger partial charge in [-0.1, -0.05) is 46.3 Å². The SMILES string of the molecule is CC(NCc1cccc2c1OCO2)c1ccccc1Br. The molecule has 1 atom stereocenters. The van der Waals surface area contributed by atoms with Crippen LogP contribution in [0.5, 0.6) is 11.5 Å². The number of nitrogens with one attached hydrogen (secondary N) is 1. The molecule has 0 saturated heterocycles. The lowest BCUT2D eigenvalue weighted by molar-refractivity contribution is 0.173. The maximum atomic E-state index is 5.52. The number of rotatable bonds is 4. The van der Waals surface area contributed by atoms with Crippen LogP contribution in [0.25, 0.3) is 0 Å². The van der Waals surface area contributed by atoms with E-state index in [1.807, 2.05) is 18.2 Å². The Morgan fingerprint density at radius 2 is 2.00 bits per heavy atom. The summed E-state index contributed by atoms with van der Waals surface area (Å²) in [5, 5.41) is 3.52. The molecule has 4 heteroatoms. The van der Waals surface area contributed by atoms with Gasteiger partial charge in [0.05, 0.1) is 0 Å². The summed E-state index contributed by atoms with van der Waals surface area (Å²) in [6, 6.07) is 14.5. The molecule has 1 unspecified atom stereocenters. The van der Waals surface area contributed by atoms with Gasteiger partial charge in [-0.2, -0.15) is 0 Å². The number of benzene rings is 2. The summed E-state index contributed by atoms with van der Waals surface area (Å²) in [6.07, 6.45) is 0. The monoisotopic (exact) mass is 333 g/mol. The minimum Gasteiger partial charge on any atom is -0.454 e. The Morgan fingerprint density at radius 1 is 1.15 bits per heavy atom. The Hall–Kier alpha value is -1.52. The van der Waals surface area contributed by atoms with Gasteiger partial charge >= 0.3 is 0 Å². The molecule has 1 aliphatic heterocycles. The van der Waals surface area contributed by atoms with E-state index in [2.05, 4.69) is 52.4 Å². The standard InChI is InChI=1S/C16H16BrNO2/c1-11(13-6-2-3-7-14(13)17)18-9-12-5-4-8-15-16(12)20-10-19-15/h2-8,11,18H,9-10H2,1H3. The topological polar surface area (TPSA) is 30.5 Å². The molecule has 104 valence electrons. The van der Waals surface area contributed by atoms with Crippen LogP contribution in [-0.4, -0.2) is 6.79 Å². The quantitative estimate of drug-likeness (QED) is 0.916. The summed E-state index contributed by atoms with van der Waals surface area (Å²) in [5.41, 5.74) is 2.37. The number of halogens is 1. The van der Waals surface area contributed by atoms with Crippen molar-refractivity contribution in [3.8, 4) is 11.5 Å². The molecule has 1 N–H and O–H groups in total. The summed E-state index contributed by atoms with van der Waals surface area (Å²) in [5.74, 6) is 1.69. The number of para-hydroxylation sites is 1. The molecule has 2 aromatic carbocycles. The van der Waals surface area contributed by atoms with Crippen LogP contribution in [0.3, 0.4) is 0 Å². The van der Waals surface area contributed by atoms with Gasteiger partial charge in [0.25, 0.3) is 0 Å². The van der Waals surface area contributed by atoms with Crippen molar-refractivity contribution in [2.24, 2.45) is 0 Å². The molecule has 0 saturated carbocycles. The number of hydrogen-bond acceptors (Lipinski definition) is 3. The van der Waals surface area contributed by atoms with Gasteiger partial charge in [0.2, 0.25) is 6.79 Å². The van der Waals surface area contributed by atoms with Crippen LogP contribution >= 0.6 is 15.9 Å². The number of ether oxygens (including phenoxy) is 2. The molecule has 2 aromatic rings. The first-order valence-electron chi connectivity index (χ1n) is 6.61. The van der Waals surface area contributed by atoms with Crippen LogP contribution < -0.4 is 14.8 Å². The van der Waals surface area contributed by atoms with Gasteiger partial charge in [-0.25, -0.2) is 0 Å². The molecule has 0 fully saturated rings. The van der Waals surface area contributed by atoms with Crippen molar-refractivity contribution in [2.45, 2.75) is 19.5 Å². The van der Waals surface area contributed by atoms with Crippen molar-refractivity contribution >= 4 is 15.9 Å². The molecular formula is C16H16BrNO2. The lowest BCUT2D eigenvalue weighted by Gasteiger charge is -2.16. The molecule has 3 nitrogen and oxygen atoms in total. The molecule has 0 amide bonds. The second-order valence-electron chi connectivity index (χ2n) is 4.78. The van der Waals surface area contributed by atoms with Gasteiger partial charge in [-0.05, 0) is 24.6 Å². The maximum absolute atomic E-state index is 5.52. The van der Waals surface area contributed by atoms with Gasteiger partial charge in [-0.3, -0.25) is 0 Å². The molecular weight excluding hydrogens is 318 g/mol. The van der Waals surface area contributed by atoms with E-state index < -0.39 is 0 Å². The summed E-state index contributed by atoms with van der Waals surface area (Å²) < 4.78 is 12.0. The van der Waals surface area contributed by atoms with Crippen molar-refractivity contribution in [1.82, 2.24) is 5.32 Å². The third kappa shape index (κ3) is 2.67. The molecule has 0 aliphatic carbocycles. The van der Waals surface area contributed by atoms with Crippen LogP contribution in [0.2, 0.25) is 0 Å². The van der Waals surface area contributed by atoms with E-state index in [9.17, 15) is 0 Å². The third-order valence-electron chi connectivity index (χ3n) is 3.45. The molecule has 0 bridgehead atoms. The average molecular weight is 334 g/mol. The zero-order chi connectivity index (χ0) is 13.9. The van der Waals surface area contributed by atoms with Crippen LogP contribution in [0.1, 0.15) is 24.1 Å². The van der Waals surface area contributed by atoms with Crippen LogP contribution in [0, 0.1) is 0 Å². The smallest absolute Gasteiger partial charge is 0.231 e. The van der Waals surface area contributed by atoms with Crippen LogP contribution in [0.15, 0.2) is 46.9 Å². The Balaban J connectivity index is 1.71. The van der Waals surface area contributed by atoms with Crippen molar-refractivity contribution in [3.05, 3.63) is 58.1 Å². The first kappa shape index (κ1) is 13.5. The van der Waals surface area contributed by atoms with Gasteiger partial charge < -0.3 is 14.8 Å². The fourth-order valence-corrected chi connectivity index (χ4v) is 2.96. The zero-order valence-electron chi connectivity index (χ0n) is 11.2. The number of hydrogen-bond donors (Lipinski definition) is 1. The first-order valence-corrected chi connectivity index (χ1v) is 7.40. The van der Waals surface area contributed by atoms with Gasteiger partial charge in [-0.15, -0.1) is 0 Å². The van der Waals surface area contributed by atoms with E-state index in [0.717, 1.165) is 28.1 Å². The second-order valence-corrected chi connectivity index (χ2v) is 5.63. The Morgan fingerprint density at radius 3 is 2.85 bits per heavy atom. The lowest BCUT2D eigenvalue weighted by Crippen LogP contribution is -2.18. The van der Waals surface area contributed by atoms with E-state index in [1.54, 1.807) is 0 Å². The average Bonchev–Trinajstić information content (AvgIpc) is 2.94. The maximum Gasteiger partial charge on any atom is 0.231 e. The first-order chi connectivity index (χ1) is 9.75. The molecule has 0 aromatic heterocycles. The van der Waals surface area contributed by atoms with Crippen molar-refractivity contribution in [1.29, 1.82) is 0 Å². The highest BCUT2D eigenvalue weighted by atomic mass is 79.9. The van der Waals surface area contributed by atoms with E-state index in [1.165, 1.54) is 5.56 Å². The largest absolute Gasteiger partial charge is 0.454 e. The van der Waals surface area contributed by atoms with E-state index in [-0.39, 0.29) is 6.04 Å². The molecule has 1 heterocycles. The van der Waals surface area contributed by atoms with E-state index >= 15 is 0 Å². The molecule has 0 spiro atoms. The van der Waals surface area contributed by atoms with Gasteiger partial charge in [0, 0.05) is 22.6 Å². The van der Waals surface area contributed by atoms with Gasteiger partial charge in [0.1, 0.15) is 0 Å². The van der Waals surface area contributed by atoms with E-state index in [0.29, 0.717) is 6.79 Å². The summed E-state index contributed by atoms with van der Waals surface area (Å²) in [6.45, 7) is 3.21. The minimum atomic E-state index is 0.253. The highest BCUT2D eigenvalue weighted by Gasteiger charge is 2.17. The fraction of sp³-hybridized carbons (Fsp3) is 0.250. The van der Waals surface area contributed by atoms with Crippen molar-refractivity contribution in [3.63, 3.8) is 0 Å². The van der Waals surface area contributed by atoms with Crippen molar-refractivity contribution < 1.29 is 9.47 Å². The summed E-state index contributed by atoms with van der Waals surface area (Å²) >= 11 is 3.59. The predicted octanol–water partition coefficient (Wildman–Crippen LogP) is 4.03. The zero-order valence-corrected chi connectivity index (χ0v) is 12.8. The minimum absolute atomic E-state index is 0.253. The molecule has 3 rings (SSSR count). The highest BCUT2D eigenvalue weighted by molar-refractivity contribution is 9.10. The highest BCUT2D eigenvalue weighted by Crippen LogP contribution is 2.35. The van der Waals surface area contributed by atoms with Crippen LogP contribution in [-0.2, 0) is 6.54 Å². The fourth-order valence-electron chi connectivity index (χ4n) is 2.33. The van der Waals surface area contributed by atoms with Crippen molar-refractivity contribution in [2.75, 3.05) is 6.79 Å². The Labute approximate surface area is 127 Å². The third-order valence-corrected chi connectivity index (χ3v) is 4.17. The number of fused-ring (bicyclic) bond motifs is 1. The molecule has 0 radical (unpaired) electrons. The molecule has 20 heavy (non-hydrogen) atoms. The second kappa shape index (κ2) is 5.85. The Bertz CT molecular complexity index is 615. The normalized spacial score (nSPS) is 14.3. The van der Waals surface area contributed by atoms with Gasteiger partial charge in [0.15, 0.2) is 11.5 Å². The summed E-state index contributed by atoms with van der Waals surface area (Å²) in [4.78, 5) is 0. The predicted molar refractivity (Wildman–Crippen MR) is 82.0 cm³/mol. The summed E-state index contributed by atoms with van der Waals surface area (Å²) in [7, 11) is 0. The molecule has 1 aliphatic rings. The van der Waals surface area contributed by atoms with Crippen LogP contribution in [0.4, 0.5) is 0 Å². The Kier molecular flexibility index (Phi) is 3.94. The lowest BCUT2D eigenvalue weighted by atomic mass is 10.1. The van der Waals surface area contributed by atoms with E-state index in [4.69, 9.17) is 9.47 Å².